The minimum absolute atomic E-state index is 0.0971. The quantitative estimate of drug-likeness (QED) is 0.665. The Bertz CT molecular complexity index is 619. The summed E-state index contributed by atoms with van der Waals surface area (Å²) in [7, 11) is 1.75. The Labute approximate surface area is 111 Å². The summed E-state index contributed by atoms with van der Waals surface area (Å²) in [6.07, 6.45) is 1.70. The number of anilines is 1. The minimum atomic E-state index is -0.408. The van der Waals surface area contributed by atoms with Crippen molar-refractivity contribution in [3.8, 4) is 0 Å². The molecule has 0 spiro atoms. The van der Waals surface area contributed by atoms with Crippen LogP contribution in [0.25, 0.3) is 0 Å². The van der Waals surface area contributed by atoms with E-state index in [1.165, 1.54) is 0 Å². The molecule has 2 aromatic rings. The molecule has 0 amide bonds. The van der Waals surface area contributed by atoms with Crippen LogP contribution in [-0.4, -0.2) is 21.0 Å². The number of nitrogens with two attached hydrogens (primary N) is 1. The maximum atomic E-state index is 12.0. The van der Waals surface area contributed by atoms with Gasteiger partial charge in [-0.2, -0.15) is 0 Å². The van der Waals surface area contributed by atoms with Crippen molar-refractivity contribution in [3.63, 3.8) is 0 Å². The zero-order valence-corrected chi connectivity index (χ0v) is 11.2. The van der Waals surface area contributed by atoms with Crippen molar-refractivity contribution in [2.75, 3.05) is 5.73 Å². The van der Waals surface area contributed by atoms with E-state index in [0.29, 0.717) is 16.9 Å². The lowest BCUT2D eigenvalue weighted by molar-refractivity contribution is 0.0467. The highest BCUT2D eigenvalue weighted by molar-refractivity contribution is 5.92. The second kappa shape index (κ2) is 5.09. The third kappa shape index (κ3) is 2.90. The molecule has 19 heavy (non-hydrogen) atoms. The summed E-state index contributed by atoms with van der Waals surface area (Å²) < 4.78 is 6.75. The number of aryl methyl sites for hydroxylation is 3. The van der Waals surface area contributed by atoms with Crippen LogP contribution < -0.4 is 5.73 Å². The average Bonchev–Trinajstić information content (AvgIpc) is 2.77. The predicted octanol–water partition coefficient (Wildman–Crippen LogP) is 1.37. The summed E-state index contributed by atoms with van der Waals surface area (Å²) in [4.78, 5) is 12.0. The molecular weight excluding hydrogens is 244 g/mol. The van der Waals surface area contributed by atoms with E-state index in [4.69, 9.17) is 10.5 Å². The van der Waals surface area contributed by atoms with Gasteiger partial charge in [0.2, 0.25) is 0 Å². The van der Waals surface area contributed by atoms with Gasteiger partial charge in [-0.15, -0.1) is 5.10 Å². The first kappa shape index (κ1) is 13.1. The Kier molecular flexibility index (Phi) is 3.50. The Balaban J connectivity index is 2.10. The van der Waals surface area contributed by atoms with Crippen LogP contribution in [0.15, 0.2) is 18.3 Å². The standard InChI is InChI=1S/C13H16N4O2/c1-8-4-9(2)12(14)5-11(8)13(18)19-7-10-6-17(3)16-15-10/h4-6H,7,14H2,1-3H3. The van der Waals surface area contributed by atoms with Gasteiger partial charge in [0, 0.05) is 12.7 Å². The van der Waals surface area contributed by atoms with E-state index < -0.39 is 5.97 Å². The lowest BCUT2D eigenvalue weighted by Gasteiger charge is -2.08. The molecule has 0 unspecified atom stereocenters. The number of carbonyl (C=O) groups excluding carboxylic acids is 1. The molecule has 0 aliphatic rings. The van der Waals surface area contributed by atoms with Gasteiger partial charge in [-0.1, -0.05) is 11.3 Å². The lowest BCUT2D eigenvalue weighted by Crippen LogP contribution is -2.08. The number of carbonyl (C=O) groups is 1. The molecule has 2 rings (SSSR count). The van der Waals surface area contributed by atoms with Crippen molar-refractivity contribution < 1.29 is 9.53 Å². The summed E-state index contributed by atoms with van der Waals surface area (Å²) in [6, 6.07) is 3.51. The first-order valence-corrected chi connectivity index (χ1v) is 5.86. The number of hydrogen-bond donors (Lipinski definition) is 1. The van der Waals surface area contributed by atoms with Gasteiger partial charge in [-0.05, 0) is 31.0 Å². The second-order valence-corrected chi connectivity index (χ2v) is 4.48. The van der Waals surface area contributed by atoms with Crippen molar-refractivity contribution in [3.05, 3.63) is 40.7 Å². The number of ether oxygens (including phenoxy) is 1. The SMILES string of the molecule is Cc1cc(C)c(C(=O)OCc2cn(C)nn2)cc1N. The molecule has 0 bridgehead atoms. The van der Waals surface area contributed by atoms with E-state index in [2.05, 4.69) is 10.3 Å². The molecule has 0 saturated heterocycles. The van der Waals surface area contributed by atoms with Gasteiger partial charge >= 0.3 is 5.97 Å². The number of rotatable bonds is 3. The average molecular weight is 260 g/mol. The monoisotopic (exact) mass is 260 g/mol. The van der Waals surface area contributed by atoms with E-state index in [1.807, 2.05) is 19.9 Å². The summed E-state index contributed by atoms with van der Waals surface area (Å²) in [5.74, 6) is -0.408. The largest absolute Gasteiger partial charge is 0.455 e. The fourth-order valence-electron chi connectivity index (χ4n) is 1.77. The molecule has 0 fully saturated rings. The number of hydrogen-bond acceptors (Lipinski definition) is 5. The molecule has 100 valence electrons. The normalized spacial score (nSPS) is 10.5. The van der Waals surface area contributed by atoms with E-state index >= 15 is 0 Å². The zero-order valence-electron chi connectivity index (χ0n) is 11.2. The van der Waals surface area contributed by atoms with Crippen LogP contribution in [-0.2, 0) is 18.4 Å². The molecule has 6 heteroatoms. The maximum Gasteiger partial charge on any atom is 0.338 e. The van der Waals surface area contributed by atoms with Crippen LogP contribution in [0.4, 0.5) is 5.69 Å². The van der Waals surface area contributed by atoms with Crippen LogP contribution in [0.1, 0.15) is 27.2 Å². The van der Waals surface area contributed by atoms with E-state index in [9.17, 15) is 4.79 Å². The van der Waals surface area contributed by atoms with Gasteiger partial charge in [0.1, 0.15) is 12.3 Å². The van der Waals surface area contributed by atoms with E-state index in [0.717, 1.165) is 11.1 Å². The summed E-state index contributed by atoms with van der Waals surface area (Å²) >= 11 is 0. The van der Waals surface area contributed by atoms with Gasteiger partial charge < -0.3 is 10.5 Å². The molecule has 0 saturated carbocycles. The highest BCUT2D eigenvalue weighted by Gasteiger charge is 2.13. The first-order valence-electron chi connectivity index (χ1n) is 5.86. The highest BCUT2D eigenvalue weighted by atomic mass is 16.5. The minimum Gasteiger partial charge on any atom is -0.455 e. The Morgan fingerprint density at radius 3 is 2.74 bits per heavy atom. The van der Waals surface area contributed by atoms with Crippen LogP contribution in [0.3, 0.4) is 0 Å². The van der Waals surface area contributed by atoms with Crippen molar-refractivity contribution >= 4 is 11.7 Å². The van der Waals surface area contributed by atoms with Crippen molar-refractivity contribution in [2.24, 2.45) is 7.05 Å². The Morgan fingerprint density at radius 2 is 2.11 bits per heavy atom. The molecule has 1 heterocycles. The Hall–Kier alpha value is -2.37. The Morgan fingerprint density at radius 1 is 1.37 bits per heavy atom. The molecule has 6 nitrogen and oxygen atoms in total. The van der Waals surface area contributed by atoms with Gasteiger partial charge in [-0.25, -0.2) is 4.79 Å². The van der Waals surface area contributed by atoms with Crippen molar-refractivity contribution in [1.82, 2.24) is 15.0 Å². The summed E-state index contributed by atoms with van der Waals surface area (Å²) in [5.41, 5.74) is 9.26. The third-order valence-corrected chi connectivity index (χ3v) is 2.83. The first-order chi connectivity index (χ1) is 8.97. The fourth-order valence-corrected chi connectivity index (χ4v) is 1.77. The molecule has 0 aliphatic heterocycles. The number of aromatic nitrogens is 3. The number of esters is 1. The predicted molar refractivity (Wildman–Crippen MR) is 70.5 cm³/mol. The van der Waals surface area contributed by atoms with E-state index in [1.54, 1.807) is 24.0 Å². The molecular formula is C13H16N4O2. The fraction of sp³-hybridized carbons (Fsp3) is 0.308. The van der Waals surface area contributed by atoms with Crippen LogP contribution >= 0.6 is 0 Å². The van der Waals surface area contributed by atoms with Crippen LogP contribution in [0, 0.1) is 13.8 Å². The number of nitrogen functional groups attached to an aromatic ring is 1. The van der Waals surface area contributed by atoms with Crippen molar-refractivity contribution in [2.45, 2.75) is 20.5 Å². The molecule has 1 aromatic carbocycles. The smallest absolute Gasteiger partial charge is 0.338 e. The molecule has 0 aliphatic carbocycles. The van der Waals surface area contributed by atoms with Crippen LogP contribution in [0.2, 0.25) is 0 Å². The second-order valence-electron chi connectivity index (χ2n) is 4.48. The third-order valence-electron chi connectivity index (χ3n) is 2.83. The molecule has 0 atom stereocenters. The summed E-state index contributed by atoms with van der Waals surface area (Å²) in [6.45, 7) is 3.85. The highest BCUT2D eigenvalue weighted by Crippen LogP contribution is 2.18. The molecule has 1 aromatic heterocycles. The van der Waals surface area contributed by atoms with Gasteiger partial charge in [0.05, 0.1) is 11.8 Å². The van der Waals surface area contributed by atoms with Crippen molar-refractivity contribution in [1.29, 1.82) is 0 Å². The van der Waals surface area contributed by atoms with E-state index in [-0.39, 0.29) is 6.61 Å². The molecule has 2 N–H and O–H groups in total. The maximum absolute atomic E-state index is 12.0. The summed E-state index contributed by atoms with van der Waals surface area (Å²) in [5, 5.41) is 7.61. The number of benzene rings is 1. The number of nitrogens with zero attached hydrogens (tertiary/aromatic N) is 3. The van der Waals surface area contributed by atoms with Gasteiger partial charge in [-0.3, -0.25) is 4.68 Å². The van der Waals surface area contributed by atoms with Gasteiger partial charge in [0.25, 0.3) is 0 Å². The zero-order chi connectivity index (χ0) is 14.0. The van der Waals surface area contributed by atoms with Gasteiger partial charge in [0.15, 0.2) is 0 Å². The lowest BCUT2D eigenvalue weighted by atomic mass is 10.0. The van der Waals surface area contributed by atoms with Crippen LogP contribution in [0.5, 0.6) is 0 Å². The topological polar surface area (TPSA) is 83.0 Å². The molecule has 0 radical (unpaired) electrons.